The number of nitrogens with zero attached hydrogens (tertiary/aromatic N) is 2. The highest BCUT2D eigenvalue weighted by Gasteiger charge is 2.27. The van der Waals surface area contributed by atoms with Crippen LogP contribution in [0.15, 0.2) is 22.6 Å². The Hall–Kier alpha value is -2.15. The Balaban J connectivity index is 1.84. The molecule has 7 nitrogen and oxygen atoms in total. The summed E-state index contributed by atoms with van der Waals surface area (Å²) < 4.78 is 5.57. The molecular weight excluding hydrogens is 260 g/mol. The molecule has 0 aliphatic heterocycles. The quantitative estimate of drug-likeness (QED) is 0.655. The zero-order valence-corrected chi connectivity index (χ0v) is 10.9. The molecule has 3 N–H and O–H groups in total. The summed E-state index contributed by atoms with van der Waals surface area (Å²) in [5, 5.41) is 14.0. The number of fused-ring (bicyclic) bond motifs is 1. The van der Waals surface area contributed by atoms with Gasteiger partial charge in [-0.15, -0.1) is 0 Å². The Bertz CT molecular complexity index is 640. The van der Waals surface area contributed by atoms with Gasteiger partial charge >= 0.3 is 0 Å². The number of non-ortho nitro benzene ring substituents is 1. The second-order valence-corrected chi connectivity index (χ2v) is 5.11. The summed E-state index contributed by atoms with van der Waals surface area (Å²) in [5.41, 5.74) is 6.78. The van der Waals surface area contributed by atoms with E-state index in [-0.39, 0.29) is 11.7 Å². The molecule has 0 radical (unpaired) electrons. The number of nitro groups is 1. The van der Waals surface area contributed by atoms with Crippen LogP contribution in [-0.2, 0) is 0 Å². The molecule has 0 saturated heterocycles. The third kappa shape index (κ3) is 2.32. The molecule has 7 heteroatoms. The highest BCUT2D eigenvalue weighted by Crippen LogP contribution is 2.29. The summed E-state index contributed by atoms with van der Waals surface area (Å²) in [6.45, 7) is 0.642. The zero-order chi connectivity index (χ0) is 14.1. The largest absolute Gasteiger partial charge is 0.424 e. The smallest absolute Gasteiger partial charge is 0.295 e. The topological polar surface area (TPSA) is 107 Å². The molecule has 20 heavy (non-hydrogen) atoms. The van der Waals surface area contributed by atoms with E-state index in [1.54, 1.807) is 6.07 Å². The van der Waals surface area contributed by atoms with Gasteiger partial charge in [-0.1, -0.05) is 6.42 Å². The minimum Gasteiger partial charge on any atom is -0.424 e. The van der Waals surface area contributed by atoms with E-state index in [1.807, 2.05) is 0 Å². The van der Waals surface area contributed by atoms with Crippen LogP contribution in [0.4, 0.5) is 11.7 Å². The Morgan fingerprint density at radius 1 is 1.50 bits per heavy atom. The molecule has 1 aromatic carbocycles. The maximum absolute atomic E-state index is 10.7. The van der Waals surface area contributed by atoms with Crippen molar-refractivity contribution >= 4 is 22.8 Å². The molecule has 1 fully saturated rings. The van der Waals surface area contributed by atoms with E-state index in [1.165, 1.54) is 12.1 Å². The van der Waals surface area contributed by atoms with E-state index in [0.29, 0.717) is 29.6 Å². The number of hydrogen-bond donors (Lipinski definition) is 2. The minimum atomic E-state index is -0.442. The molecular formula is C13H16N4O3. The third-order valence-corrected chi connectivity index (χ3v) is 3.85. The summed E-state index contributed by atoms with van der Waals surface area (Å²) in [6, 6.07) is 5.07. The van der Waals surface area contributed by atoms with Gasteiger partial charge in [0.05, 0.1) is 4.92 Å². The number of nitrogens with two attached hydrogens (primary N) is 1. The first-order valence-corrected chi connectivity index (χ1v) is 6.69. The molecule has 0 bridgehead atoms. The summed E-state index contributed by atoms with van der Waals surface area (Å²) in [6.07, 6.45) is 3.30. The predicted molar refractivity (Wildman–Crippen MR) is 74.5 cm³/mol. The van der Waals surface area contributed by atoms with Crippen molar-refractivity contribution in [2.75, 3.05) is 11.9 Å². The third-order valence-electron chi connectivity index (χ3n) is 3.85. The molecule has 0 amide bonds. The lowest BCUT2D eigenvalue weighted by molar-refractivity contribution is -0.384. The number of oxazole rings is 1. The Kier molecular flexibility index (Phi) is 3.27. The van der Waals surface area contributed by atoms with Crippen molar-refractivity contribution in [3.05, 3.63) is 28.3 Å². The van der Waals surface area contributed by atoms with E-state index < -0.39 is 4.92 Å². The molecule has 1 aliphatic carbocycles. The first-order valence-electron chi connectivity index (χ1n) is 6.69. The van der Waals surface area contributed by atoms with Gasteiger partial charge in [-0.05, 0) is 31.4 Å². The normalized spacial score (nSPS) is 22.2. The van der Waals surface area contributed by atoms with Gasteiger partial charge in [0.25, 0.3) is 11.7 Å². The number of benzene rings is 1. The molecule has 1 aliphatic rings. The lowest BCUT2D eigenvalue weighted by Crippen LogP contribution is -2.29. The van der Waals surface area contributed by atoms with Crippen LogP contribution in [0.5, 0.6) is 0 Å². The fraction of sp³-hybridized carbons (Fsp3) is 0.462. The first kappa shape index (κ1) is 12.9. The fourth-order valence-electron chi connectivity index (χ4n) is 2.76. The van der Waals surface area contributed by atoms with Gasteiger partial charge in [0.15, 0.2) is 5.58 Å². The van der Waals surface area contributed by atoms with Gasteiger partial charge in [-0.3, -0.25) is 10.1 Å². The standard InChI is InChI=1S/C13H16N4O3/c14-7-8-2-1-3-10(8)15-13-16-11-6-9(17(18)19)4-5-12(11)20-13/h4-6,8,10H,1-3,7,14H2,(H,15,16). The fourth-order valence-corrected chi connectivity index (χ4v) is 2.76. The Labute approximate surface area is 115 Å². The molecule has 1 aromatic heterocycles. The van der Waals surface area contributed by atoms with E-state index >= 15 is 0 Å². The monoisotopic (exact) mass is 276 g/mol. The van der Waals surface area contributed by atoms with E-state index in [2.05, 4.69) is 10.3 Å². The summed E-state index contributed by atoms with van der Waals surface area (Å²) in [5.74, 6) is 0.430. The molecule has 2 atom stereocenters. The van der Waals surface area contributed by atoms with Crippen molar-refractivity contribution in [3.8, 4) is 0 Å². The maximum atomic E-state index is 10.7. The number of rotatable bonds is 4. The average Bonchev–Trinajstić information content (AvgIpc) is 3.03. The first-order chi connectivity index (χ1) is 9.67. The van der Waals surface area contributed by atoms with Crippen LogP contribution >= 0.6 is 0 Å². The van der Waals surface area contributed by atoms with Gasteiger partial charge in [0.1, 0.15) is 5.52 Å². The molecule has 2 aromatic rings. The van der Waals surface area contributed by atoms with Gasteiger partial charge in [-0.2, -0.15) is 4.98 Å². The molecule has 0 spiro atoms. The zero-order valence-electron chi connectivity index (χ0n) is 10.9. The van der Waals surface area contributed by atoms with Crippen LogP contribution in [0.2, 0.25) is 0 Å². The Morgan fingerprint density at radius 2 is 2.35 bits per heavy atom. The van der Waals surface area contributed by atoms with Crippen molar-refractivity contribution in [2.24, 2.45) is 11.7 Å². The SMILES string of the molecule is NCC1CCCC1Nc1nc2cc([N+](=O)[O-])ccc2o1. The summed E-state index contributed by atoms with van der Waals surface area (Å²) in [7, 11) is 0. The second-order valence-electron chi connectivity index (χ2n) is 5.11. The van der Waals surface area contributed by atoms with Crippen LogP contribution in [0, 0.1) is 16.0 Å². The molecule has 106 valence electrons. The van der Waals surface area contributed by atoms with Crippen LogP contribution in [0.1, 0.15) is 19.3 Å². The van der Waals surface area contributed by atoms with Gasteiger partial charge < -0.3 is 15.5 Å². The highest BCUT2D eigenvalue weighted by molar-refractivity contribution is 5.77. The van der Waals surface area contributed by atoms with Crippen molar-refractivity contribution in [2.45, 2.75) is 25.3 Å². The maximum Gasteiger partial charge on any atom is 0.295 e. The van der Waals surface area contributed by atoms with Crippen molar-refractivity contribution in [1.82, 2.24) is 4.98 Å². The van der Waals surface area contributed by atoms with Crippen LogP contribution in [0.3, 0.4) is 0 Å². The van der Waals surface area contributed by atoms with E-state index in [4.69, 9.17) is 10.2 Å². The van der Waals surface area contributed by atoms with E-state index in [0.717, 1.165) is 19.3 Å². The molecule has 2 unspecified atom stereocenters. The summed E-state index contributed by atoms with van der Waals surface area (Å²) >= 11 is 0. The van der Waals surface area contributed by atoms with Crippen LogP contribution in [-0.4, -0.2) is 22.5 Å². The predicted octanol–water partition coefficient (Wildman–Crippen LogP) is 2.28. The second kappa shape index (κ2) is 5.09. The lowest BCUT2D eigenvalue weighted by Gasteiger charge is -2.17. The van der Waals surface area contributed by atoms with Gasteiger partial charge in [0.2, 0.25) is 0 Å². The van der Waals surface area contributed by atoms with Crippen molar-refractivity contribution in [3.63, 3.8) is 0 Å². The number of hydrogen-bond acceptors (Lipinski definition) is 6. The minimum absolute atomic E-state index is 0.0121. The molecule has 3 rings (SSSR count). The van der Waals surface area contributed by atoms with Crippen molar-refractivity contribution in [1.29, 1.82) is 0 Å². The highest BCUT2D eigenvalue weighted by atomic mass is 16.6. The average molecular weight is 276 g/mol. The van der Waals surface area contributed by atoms with E-state index in [9.17, 15) is 10.1 Å². The van der Waals surface area contributed by atoms with Crippen LogP contribution in [0.25, 0.3) is 11.1 Å². The van der Waals surface area contributed by atoms with Crippen LogP contribution < -0.4 is 11.1 Å². The number of aromatic nitrogens is 1. The lowest BCUT2D eigenvalue weighted by atomic mass is 10.0. The Morgan fingerprint density at radius 3 is 3.10 bits per heavy atom. The number of anilines is 1. The summed E-state index contributed by atoms with van der Waals surface area (Å²) in [4.78, 5) is 14.6. The molecule has 1 saturated carbocycles. The number of nitro benzene ring substituents is 1. The van der Waals surface area contributed by atoms with Gasteiger partial charge in [0, 0.05) is 18.2 Å². The number of nitrogens with one attached hydrogen (secondary N) is 1. The van der Waals surface area contributed by atoms with Crippen molar-refractivity contribution < 1.29 is 9.34 Å². The molecule has 1 heterocycles. The van der Waals surface area contributed by atoms with Gasteiger partial charge in [-0.25, -0.2) is 0 Å².